The molecule has 0 unspecified atom stereocenters. The lowest BCUT2D eigenvalue weighted by Gasteiger charge is -2.13. The molecule has 0 N–H and O–H groups in total. The van der Waals surface area contributed by atoms with Gasteiger partial charge in [-0.05, 0) is 36.0 Å². The molecule has 17 heavy (non-hydrogen) atoms. The van der Waals surface area contributed by atoms with E-state index in [4.69, 9.17) is 4.74 Å². The summed E-state index contributed by atoms with van der Waals surface area (Å²) in [5.74, 6) is 1.64. The minimum Gasteiger partial charge on any atom is -0.493 e. The van der Waals surface area contributed by atoms with Crippen LogP contribution in [0, 0.1) is 0 Å². The van der Waals surface area contributed by atoms with E-state index in [1.807, 2.05) is 6.07 Å². The number of rotatable bonds is 1. The minimum absolute atomic E-state index is 0.583. The zero-order chi connectivity index (χ0) is 11.5. The summed E-state index contributed by atoms with van der Waals surface area (Å²) in [6.45, 7) is 0.816. The fraction of sp³-hybridized carbons (Fsp3) is 0.250. The van der Waals surface area contributed by atoms with Crippen LogP contribution in [0.1, 0.15) is 23.5 Å². The Morgan fingerprint density at radius 1 is 0.882 bits per heavy atom. The Morgan fingerprint density at radius 3 is 2.53 bits per heavy atom. The van der Waals surface area contributed by atoms with Crippen molar-refractivity contribution < 1.29 is 4.74 Å². The van der Waals surface area contributed by atoms with E-state index >= 15 is 0 Å². The van der Waals surface area contributed by atoms with Crippen molar-refractivity contribution in [1.29, 1.82) is 0 Å². The molecule has 0 radical (unpaired) electrons. The van der Waals surface area contributed by atoms with E-state index in [1.54, 1.807) is 0 Å². The van der Waals surface area contributed by atoms with Crippen LogP contribution < -0.4 is 4.74 Å². The van der Waals surface area contributed by atoms with Gasteiger partial charge in [0.25, 0.3) is 0 Å². The van der Waals surface area contributed by atoms with Gasteiger partial charge in [-0.1, -0.05) is 48.5 Å². The second-order valence-electron chi connectivity index (χ2n) is 4.56. The zero-order valence-corrected chi connectivity index (χ0v) is 9.80. The molecule has 0 fully saturated rings. The number of para-hydroxylation sites is 1. The summed E-state index contributed by atoms with van der Waals surface area (Å²) in [4.78, 5) is 0. The van der Waals surface area contributed by atoms with Crippen LogP contribution >= 0.6 is 0 Å². The normalized spacial score (nSPS) is 18.9. The van der Waals surface area contributed by atoms with E-state index in [0.717, 1.165) is 25.2 Å². The lowest BCUT2D eigenvalue weighted by atomic mass is 9.90. The molecular weight excluding hydrogens is 208 g/mol. The van der Waals surface area contributed by atoms with Gasteiger partial charge in [0.1, 0.15) is 5.75 Å². The van der Waals surface area contributed by atoms with Crippen molar-refractivity contribution in [2.75, 3.05) is 6.61 Å². The minimum atomic E-state index is 0.583. The molecule has 0 saturated heterocycles. The van der Waals surface area contributed by atoms with Crippen LogP contribution in [-0.4, -0.2) is 6.61 Å². The summed E-state index contributed by atoms with van der Waals surface area (Å²) in [7, 11) is 0. The maximum atomic E-state index is 5.80. The number of benzene rings is 2. The molecule has 1 aliphatic heterocycles. The van der Waals surface area contributed by atoms with Gasteiger partial charge >= 0.3 is 0 Å². The van der Waals surface area contributed by atoms with E-state index in [0.29, 0.717) is 5.92 Å². The van der Waals surface area contributed by atoms with Crippen molar-refractivity contribution in [1.82, 2.24) is 0 Å². The van der Waals surface area contributed by atoms with Gasteiger partial charge in [0, 0.05) is 0 Å². The highest BCUT2D eigenvalue weighted by Gasteiger charge is 2.18. The third-order valence-electron chi connectivity index (χ3n) is 3.43. The molecule has 0 aliphatic carbocycles. The van der Waals surface area contributed by atoms with Crippen LogP contribution in [0.25, 0.3) is 0 Å². The highest BCUT2D eigenvalue weighted by molar-refractivity contribution is 5.36. The lowest BCUT2D eigenvalue weighted by molar-refractivity contribution is 0.310. The van der Waals surface area contributed by atoms with Crippen molar-refractivity contribution in [3.63, 3.8) is 0 Å². The van der Waals surface area contributed by atoms with Crippen LogP contribution in [0.15, 0.2) is 54.6 Å². The third-order valence-corrected chi connectivity index (χ3v) is 3.43. The molecule has 2 aromatic carbocycles. The summed E-state index contributed by atoms with van der Waals surface area (Å²) in [6, 6.07) is 19.1. The lowest BCUT2D eigenvalue weighted by Crippen LogP contribution is -2.03. The molecule has 0 spiro atoms. The van der Waals surface area contributed by atoms with E-state index in [9.17, 15) is 0 Å². The van der Waals surface area contributed by atoms with Crippen molar-refractivity contribution in [2.45, 2.75) is 18.8 Å². The Hall–Kier alpha value is -1.76. The quantitative estimate of drug-likeness (QED) is 0.716. The second-order valence-corrected chi connectivity index (χ2v) is 4.56. The molecule has 1 heteroatoms. The van der Waals surface area contributed by atoms with E-state index < -0.39 is 0 Å². The monoisotopic (exact) mass is 224 g/mol. The topological polar surface area (TPSA) is 9.23 Å². The fourth-order valence-corrected chi connectivity index (χ4v) is 2.50. The Labute approximate surface area is 102 Å². The molecule has 0 amide bonds. The highest BCUT2D eigenvalue weighted by atomic mass is 16.5. The Morgan fingerprint density at radius 2 is 1.65 bits per heavy atom. The van der Waals surface area contributed by atoms with Crippen molar-refractivity contribution in [3.8, 4) is 5.75 Å². The first-order valence-electron chi connectivity index (χ1n) is 6.19. The molecule has 0 aromatic heterocycles. The Kier molecular flexibility index (Phi) is 2.83. The maximum Gasteiger partial charge on any atom is 0.122 e. The molecule has 1 heterocycles. The predicted molar refractivity (Wildman–Crippen MR) is 69.4 cm³/mol. The van der Waals surface area contributed by atoms with Crippen LogP contribution in [0.5, 0.6) is 5.75 Å². The van der Waals surface area contributed by atoms with E-state index in [2.05, 4.69) is 48.5 Å². The Balaban J connectivity index is 1.91. The maximum absolute atomic E-state index is 5.80. The molecular formula is C16H16O. The van der Waals surface area contributed by atoms with Gasteiger partial charge in [-0.25, -0.2) is 0 Å². The van der Waals surface area contributed by atoms with Crippen LogP contribution in [0.3, 0.4) is 0 Å². The summed E-state index contributed by atoms with van der Waals surface area (Å²) in [5.41, 5.74) is 2.76. The average molecular weight is 224 g/mol. The van der Waals surface area contributed by atoms with Crippen LogP contribution in [-0.2, 0) is 6.42 Å². The van der Waals surface area contributed by atoms with Gasteiger partial charge in [0.2, 0.25) is 0 Å². The standard InChI is InChI=1S/C16H16O/c1-2-6-13(7-3-1)14-10-11-17-16-9-5-4-8-15(16)12-14/h1-9,14H,10-12H2/t14-/m0/s1. The SMILES string of the molecule is c1ccc([C@H]2CCOc3ccccc3C2)cc1. The van der Waals surface area contributed by atoms with Crippen molar-refractivity contribution in [3.05, 3.63) is 65.7 Å². The molecule has 1 nitrogen and oxygen atoms in total. The molecule has 3 rings (SSSR count). The molecule has 86 valence electrons. The van der Waals surface area contributed by atoms with E-state index in [-0.39, 0.29) is 0 Å². The first-order chi connectivity index (χ1) is 8.43. The van der Waals surface area contributed by atoms with Gasteiger partial charge < -0.3 is 4.74 Å². The number of ether oxygens (including phenoxy) is 1. The first-order valence-corrected chi connectivity index (χ1v) is 6.19. The third kappa shape index (κ3) is 2.19. The van der Waals surface area contributed by atoms with Gasteiger partial charge in [0.15, 0.2) is 0 Å². The van der Waals surface area contributed by atoms with Crippen molar-refractivity contribution >= 4 is 0 Å². The van der Waals surface area contributed by atoms with E-state index in [1.165, 1.54) is 11.1 Å². The fourth-order valence-electron chi connectivity index (χ4n) is 2.50. The molecule has 0 saturated carbocycles. The Bertz CT molecular complexity index is 490. The van der Waals surface area contributed by atoms with Gasteiger partial charge in [-0.3, -0.25) is 0 Å². The highest BCUT2D eigenvalue weighted by Crippen LogP contribution is 2.31. The zero-order valence-electron chi connectivity index (χ0n) is 9.80. The number of hydrogen-bond donors (Lipinski definition) is 0. The van der Waals surface area contributed by atoms with Crippen LogP contribution in [0.4, 0.5) is 0 Å². The largest absolute Gasteiger partial charge is 0.493 e. The number of hydrogen-bond acceptors (Lipinski definition) is 1. The molecule has 1 aliphatic rings. The number of fused-ring (bicyclic) bond motifs is 1. The summed E-state index contributed by atoms with van der Waals surface area (Å²) >= 11 is 0. The molecule has 2 aromatic rings. The average Bonchev–Trinajstić information content (AvgIpc) is 2.62. The van der Waals surface area contributed by atoms with Crippen molar-refractivity contribution in [2.24, 2.45) is 0 Å². The first kappa shape index (κ1) is 10.4. The second kappa shape index (κ2) is 4.62. The molecule has 1 atom stereocenters. The molecule has 0 bridgehead atoms. The summed E-state index contributed by atoms with van der Waals surface area (Å²) in [5, 5.41) is 0. The summed E-state index contributed by atoms with van der Waals surface area (Å²) in [6.07, 6.45) is 2.18. The van der Waals surface area contributed by atoms with Gasteiger partial charge in [-0.2, -0.15) is 0 Å². The smallest absolute Gasteiger partial charge is 0.122 e. The van der Waals surface area contributed by atoms with Gasteiger partial charge in [0.05, 0.1) is 6.61 Å². The predicted octanol–water partition coefficient (Wildman–Crippen LogP) is 3.80. The van der Waals surface area contributed by atoms with Crippen LogP contribution in [0.2, 0.25) is 0 Å². The van der Waals surface area contributed by atoms with Gasteiger partial charge in [-0.15, -0.1) is 0 Å². The summed E-state index contributed by atoms with van der Waals surface area (Å²) < 4.78 is 5.80.